The van der Waals surface area contributed by atoms with Gasteiger partial charge in [0.1, 0.15) is 0 Å². The molecule has 1 atom stereocenters. The molecule has 0 amide bonds. The lowest BCUT2D eigenvalue weighted by Crippen LogP contribution is -2.35. The molecule has 1 aromatic heterocycles. The second-order valence-electron chi connectivity index (χ2n) is 6.23. The van der Waals surface area contributed by atoms with E-state index in [-0.39, 0.29) is 12.1 Å². The van der Waals surface area contributed by atoms with Crippen molar-refractivity contribution >= 4 is 5.69 Å². The van der Waals surface area contributed by atoms with Crippen LogP contribution >= 0.6 is 0 Å². The molecule has 2 N–H and O–H groups in total. The maximum Gasteiger partial charge on any atom is 0.0574 e. The Morgan fingerprint density at radius 2 is 1.91 bits per heavy atom. The predicted octanol–water partition coefficient (Wildman–Crippen LogP) is 2.89. The fourth-order valence-electron chi connectivity index (χ4n) is 2.98. The first-order chi connectivity index (χ1) is 11.2. The molecule has 1 aliphatic heterocycles. The Morgan fingerprint density at radius 1 is 1.17 bits per heavy atom. The summed E-state index contributed by atoms with van der Waals surface area (Å²) >= 11 is 0. The van der Waals surface area contributed by atoms with Gasteiger partial charge in [0.25, 0.3) is 0 Å². The van der Waals surface area contributed by atoms with Crippen LogP contribution in [0.4, 0.5) is 5.69 Å². The first-order valence-corrected chi connectivity index (χ1v) is 8.38. The van der Waals surface area contributed by atoms with E-state index in [1.54, 1.807) is 0 Å². The zero-order valence-electron chi connectivity index (χ0n) is 13.7. The van der Waals surface area contributed by atoms with E-state index in [4.69, 9.17) is 0 Å². The molecule has 1 aromatic carbocycles. The van der Waals surface area contributed by atoms with Crippen LogP contribution in [0.1, 0.15) is 37.1 Å². The molecule has 1 aliphatic rings. The highest BCUT2D eigenvalue weighted by Crippen LogP contribution is 2.22. The molecule has 0 spiro atoms. The van der Waals surface area contributed by atoms with Gasteiger partial charge in [0.2, 0.25) is 0 Å². The van der Waals surface area contributed by atoms with Crippen molar-refractivity contribution in [1.29, 1.82) is 0 Å². The van der Waals surface area contributed by atoms with Gasteiger partial charge < -0.3 is 15.3 Å². The summed E-state index contributed by atoms with van der Waals surface area (Å²) in [6.45, 7) is 4.82. The SMILES string of the molecule is CC(NCc1ccccn1)c1ccc(N2CCC(O)CC2)cc1. The van der Waals surface area contributed by atoms with Crippen molar-refractivity contribution in [1.82, 2.24) is 10.3 Å². The minimum absolute atomic E-state index is 0.124. The topological polar surface area (TPSA) is 48.4 Å². The van der Waals surface area contributed by atoms with Crippen molar-refractivity contribution in [2.45, 2.75) is 38.5 Å². The first kappa shape index (κ1) is 16.0. The largest absolute Gasteiger partial charge is 0.393 e. The normalized spacial score (nSPS) is 17.2. The van der Waals surface area contributed by atoms with Crippen LogP contribution in [-0.2, 0) is 6.54 Å². The summed E-state index contributed by atoms with van der Waals surface area (Å²) in [6, 6.07) is 15.0. The molecule has 23 heavy (non-hydrogen) atoms. The molecule has 3 rings (SSSR count). The minimum Gasteiger partial charge on any atom is -0.393 e. The monoisotopic (exact) mass is 311 g/mol. The number of hydrogen-bond donors (Lipinski definition) is 2. The van der Waals surface area contributed by atoms with Crippen molar-refractivity contribution in [3.05, 3.63) is 59.9 Å². The van der Waals surface area contributed by atoms with Gasteiger partial charge in [-0.3, -0.25) is 4.98 Å². The molecule has 4 nitrogen and oxygen atoms in total. The third-order valence-corrected chi connectivity index (χ3v) is 4.54. The van der Waals surface area contributed by atoms with Gasteiger partial charge in [0.15, 0.2) is 0 Å². The van der Waals surface area contributed by atoms with E-state index in [2.05, 4.69) is 46.4 Å². The zero-order valence-corrected chi connectivity index (χ0v) is 13.7. The zero-order chi connectivity index (χ0) is 16.1. The summed E-state index contributed by atoms with van der Waals surface area (Å²) in [5, 5.41) is 13.1. The Balaban J connectivity index is 1.56. The minimum atomic E-state index is -0.124. The predicted molar refractivity (Wildman–Crippen MR) is 93.4 cm³/mol. The average Bonchev–Trinajstić information content (AvgIpc) is 2.61. The number of aliphatic hydroxyl groups excluding tert-OH is 1. The summed E-state index contributed by atoms with van der Waals surface area (Å²) in [5.74, 6) is 0. The summed E-state index contributed by atoms with van der Waals surface area (Å²) in [7, 11) is 0. The fraction of sp³-hybridized carbons (Fsp3) is 0.421. The third kappa shape index (κ3) is 4.30. The molecule has 2 aromatic rings. The number of benzene rings is 1. The van der Waals surface area contributed by atoms with Crippen molar-refractivity contribution in [2.75, 3.05) is 18.0 Å². The maximum atomic E-state index is 9.60. The number of nitrogens with zero attached hydrogens (tertiary/aromatic N) is 2. The molecule has 1 unspecified atom stereocenters. The quantitative estimate of drug-likeness (QED) is 0.891. The van der Waals surface area contributed by atoms with Gasteiger partial charge in [-0.1, -0.05) is 18.2 Å². The number of aromatic nitrogens is 1. The number of piperidine rings is 1. The number of pyridine rings is 1. The van der Waals surface area contributed by atoms with E-state index in [1.165, 1.54) is 11.3 Å². The van der Waals surface area contributed by atoms with Crippen LogP contribution in [0.3, 0.4) is 0 Å². The van der Waals surface area contributed by atoms with E-state index in [0.717, 1.165) is 38.2 Å². The second kappa shape index (κ2) is 7.57. The van der Waals surface area contributed by atoms with E-state index in [0.29, 0.717) is 0 Å². The van der Waals surface area contributed by atoms with Crippen molar-refractivity contribution < 1.29 is 5.11 Å². The van der Waals surface area contributed by atoms with Gasteiger partial charge in [-0.25, -0.2) is 0 Å². The smallest absolute Gasteiger partial charge is 0.0574 e. The average molecular weight is 311 g/mol. The van der Waals surface area contributed by atoms with Gasteiger partial charge in [0, 0.05) is 37.6 Å². The van der Waals surface area contributed by atoms with Crippen LogP contribution in [0, 0.1) is 0 Å². The molecule has 122 valence electrons. The standard InChI is InChI=1S/C19H25N3O/c1-15(21-14-17-4-2-3-11-20-17)16-5-7-18(8-6-16)22-12-9-19(23)10-13-22/h2-8,11,15,19,21,23H,9-10,12-14H2,1H3. The van der Waals surface area contributed by atoms with Crippen LogP contribution in [0.25, 0.3) is 0 Å². The van der Waals surface area contributed by atoms with E-state index >= 15 is 0 Å². The van der Waals surface area contributed by atoms with Crippen LogP contribution in [0.5, 0.6) is 0 Å². The van der Waals surface area contributed by atoms with Crippen LogP contribution in [0.15, 0.2) is 48.7 Å². The summed E-state index contributed by atoms with van der Waals surface area (Å²) < 4.78 is 0. The van der Waals surface area contributed by atoms with Gasteiger partial charge >= 0.3 is 0 Å². The highest BCUT2D eigenvalue weighted by molar-refractivity contribution is 5.48. The van der Waals surface area contributed by atoms with Crippen molar-refractivity contribution in [3.63, 3.8) is 0 Å². The highest BCUT2D eigenvalue weighted by Gasteiger charge is 2.17. The van der Waals surface area contributed by atoms with E-state index in [9.17, 15) is 5.11 Å². The molecule has 4 heteroatoms. The molecule has 2 heterocycles. The Morgan fingerprint density at radius 3 is 2.57 bits per heavy atom. The molecule has 1 fully saturated rings. The fourth-order valence-corrected chi connectivity index (χ4v) is 2.98. The molecular formula is C19H25N3O. The number of nitrogens with one attached hydrogen (secondary N) is 1. The second-order valence-corrected chi connectivity index (χ2v) is 6.23. The van der Waals surface area contributed by atoms with Crippen LogP contribution in [-0.4, -0.2) is 29.3 Å². The number of rotatable bonds is 5. The van der Waals surface area contributed by atoms with E-state index < -0.39 is 0 Å². The molecule has 0 radical (unpaired) electrons. The van der Waals surface area contributed by atoms with Gasteiger partial charge in [0.05, 0.1) is 11.8 Å². The van der Waals surface area contributed by atoms with Crippen LogP contribution < -0.4 is 10.2 Å². The van der Waals surface area contributed by atoms with Gasteiger partial charge in [-0.05, 0) is 49.6 Å². The number of hydrogen-bond acceptors (Lipinski definition) is 4. The first-order valence-electron chi connectivity index (χ1n) is 8.38. The van der Waals surface area contributed by atoms with Gasteiger partial charge in [-0.2, -0.15) is 0 Å². The Bertz CT molecular complexity index is 592. The molecule has 0 saturated carbocycles. The summed E-state index contributed by atoms with van der Waals surface area (Å²) in [5.41, 5.74) is 3.59. The summed E-state index contributed by atoms with van der Waals surface area (Å²) in [6.07, 6.45) is 3.43. The third-order valence-electron chi connectivity index (χ3n) is 4.54. The Hall–Kier alpha value is -1.91. The summed E-state index contributed by atoms with van der Waals surface area (Å²) in [4.78, 5) is 6.69. The number of aliphatic hydroxyl groups is 1. The highest BCUT2D eigenvalue weighted by atomic mass is 16.3. The van der Waals surface area contributed by atoms with Crippen molar-refractivity contribution in [2.24, 2.45) is 0 Å². The Kier molecular flexibility index (Phi) is 5.26. The molecular weight excluding hydrogens is 286 g/mol. The Labute approximate surface area is 138 Å². The molecule has 0 bridgehead atoms. The lowest BCUT2D eigenvalue weighted by Gasteiger charge is -2.31. The molecule has 0 aliphatic carbocycles. The van der Waals surface area contributed by atoms with Crippen molar-refractivity contribution in [3.8, 4) is 0 Å². The lowest BCUT2D eigenvalue weighted by molar-refractivity contribution is 0.145. The lowest BCUT2D eigenvalue weighted by atomic mass is 10.0. The number of anilines is 1. The van der Waals surface area contributed by atoms with E-state index in [1.807, 2.05) is 24.4 Å². The van der Waals surface area contributed by atoms with Gasteiger partial charge in [-0.15, -0.1) is 0 Å². The maximum absolute atomic E-state index is 9.60. The molecule has 1 saturated heterocycles. The van der Waals surface area contributed by atoms with Crippen LogP contribution in [0.2, 0.25) is 0 Å².